The van der Waals surface area contributed by atoms with Crippen LogP contribution in [-0.2, 0) is 4.79 Å². The Balaban J connectivity index is 1.82. The minimum atomic E-state index is -0.817. The molecule has 108 valence electrons. The van der Waals surface area contributed by atoms with Crippen LogP contribution in [0.4, 0.5) is 4.79 Å². The van der Waals surface area contributed by atoms with Crippen LogP contribution in [0.25, 0.3) is 0 Å². The third kappa shape index (κ3) is 3.37. The van der Waals surface area contributed by atoms with Crippen molar-refractivity contribution in [3.05, 3.63) is 0 Å². The summed E-state index contributed by atoms with van der Waals surface area (Å²) in [5, 5.41) is 18.3. The van der Waals surface area contributed by atoms with E-state index in [1.807, 2.05) is 0 Å². The van der Waals surface area contributed by atoms with Crippen molar-refractivity contribution in [3.63, 3.8) is 0 Å². The Labute approximate surface area is 113 Å². The van der Waals surface area contributed by atoms with Crippen molar-refractivity contribution >= 4 is 12.0 Å². The predicted octanol–water partition coefficient (Wildman–Crippen LogP) is 0.606. The molecule has 1 aliphatic heterocycles. The Morgan fingerprint density at radius 3 is 2.63 bits per heavy atom. The summed E-state index contributed by atoms with van der Waals surface area (Å²) in [6.45, 7) is 1.59. The van der Waals surface area contributed by atoms with Crippen LogP contribution in [0.3, 0.4) is 0 Å². The Hall–Kier alpha value is -1.30. The summed E-state index contributed by atoms with van der Waals surface area (Å²) >= 11 is 0. The molecule has 0 spiro atoms. The second-order valence-corrected chi connectivity index (χ2v) is 5.78. The lowest BCUT2D eigenvalue weighted by Crippen LogP contribution is -2.49. The van der Waals surface area contributed by atoms with Gasteiger partial charge in [0.2, 0.25) is 0 Å². The van der Waals surface area contributed by atoms with Crippen LogP contribution in [0.2, 0.25) is 0 Å². The lowest BCUT2D eigenvalue weighted by molar-refractivity contribution is -0.143. The Bertz CT molecular complexity index is 355. The largest absolute Gasteiger partial charge is 0.481 e. The topological polar surface area (TPSA) is 81.1 Å². The van der Waals surface area contributed by atoms with Gasteiger partial charge in [0.15, 0.2) is 0 Å². The van der Waals surface area contributed by atoms with E-state index in [9.17, 15) is 14.7 Å². The molecular weight excluding hydrogens is 248 g/mol. The van der Waals surface area contributed by atoms with Gasteiger partial charge in [-0.1, -0.05) is 0 Å². The molecule has 2 rings (SSSR count). The Morgan fingerprint density at radius 2 is 2.05 bits per heavy atom. The number of carboxylic acids is 1. The molecule has 0 aromatic rings. The molecule has 1 saturated heterocycles. The number of carboxylic acid groups (broad SMARTS) is 1. The predicted molar refractivity (Wildman–Crippen MR) is 68.7 cm³/mol. The maximum atomic E-state index is 12.2. The van der Waals surface area contributed by atoms with Gasteiger partial charge in [-0.25, -0.2) is 4.79 Å². The third-order valence-corrected chi connectivity index (χ3v) is 4.11. The minimum Gasteiger partial charge on any atom is -0.481 e. The van der Waals surface area contributed by atoms with Crippen LogP contribution in [0.5, 0.6) is 0 Å². The van der Waals surface area contributed by atoms with E-state index in [1.54, 1.807) is 16.8 Å². The van der Waals surface area contributed by atoms with Crippen LogP contribution in [0.1, 0.15) is 25.7 Å². The molecule has 2 amide bonds. The molecule has 0 aromatic carbocycles. The van der Waals surface area contributed by atoms with E-state index in [4.69, 9.17) is 5.11 Å². The monoisotopic (exact) mass is 270 g/mol. The highest BCUT2D eigenvalue weighted by Crippen LogP contribution is 2.28. The number of rotatable bonds is 3. The van der Waals surface area contributed by atoms with Crippen LogP contribution < -0.4 is 0 Å². The van der Waals surface area contributed by atoms with Gasteiger partial charge in [0.05, 0.1) is 12.0 Å². The molecule has 2 N–H and O–H groups in total. The molecule has 19 heavy (non-hydrogen) atoms. The molecule has 1 unspecified atom stereocenters. The van der Waals surface area contributed by atoms with E-state index in [1.165, 1.54) is 0 Å². The average Bonchev–Trinajstić information content (AvgIpc) is 2.36. The number of aliphatic carboxylic acids is 1. The fraction of sp³-hybridized carbons (Fsp3) is 0.846. The van der Waals surface area contributed by atoms with Gasteiger partial charge < -0.3 is 20.0 Å². The first-order chi connectivity index (χ1) is 8.97. The minimum absolute atomic E-state index is 0.0904. The molecule has 2 fully saturated rings. The highest BCUT2D eigenvalue weighted by Gasteiger charge is 2.32. The lowest BCUT2D eigenvalue weighted by Gasteiger charge is -2.38. The fourth-order valence-corrected chi connectivity index (χ4v) is 2.91. The lowest BCUT2D eigenvalue weighted by atomic mass is 9.82. The number of aliphatic hydroxyl groups is 1. The highest BCUT2D eigenvalue weighted by molar-refractivity contribution is 5.76. The number of nitrogens with zero attached hydrogens (tertiary/aromatic N) is 2. The number of hydrogen-bond acceptors (Lipinski definition) is 3. The number of carbonyl (C=O) groups is 2. The van der Waals surface area contributed by atoms with E-state index in [0.29, 0.717) is 32.0 Å². The van der Waals surface area contributed by atoms with Crippen molar-refractivity contribution in [3.8, 4) is 0 Å². The maximum Gasteiger partial charge on any atom is 0.319 e. The van der Waals surface area contributed by atoms with Gasteiger partial charge in [-0.05, 0) is 31.6 Å². The number of amides is 2. The molecular formula is C13H22N2O4. The number of carbonyl (C=O) groups excluding carboxylic acids is 1. The zero-order valence-corrected chi connectivity index (χ0v) is 11.3. The summed E-state index contributed by atoms with van der Waals surface area (Å²) in [4.78, 5) is 26.5. The summed E-state index contributed by atoms with van der Waals surface area (Å²) < 4.78 is 0. The summed E-state index contributed by atoms with van der Waals surface area (Å²) in [5.74, 6) is -0.872. The van der Waals surface area contributed by atoms with Crippen molar-refractivity contribution < 1.29 is 19.8 Å². The Morgan fingerprint density at radius 1 is 1.37 bits per heavy atom. The van der Waals surface area contributed by atoms with Crippen LogP contribution in [0.15, 0.2) is 0 Å². The smallest absolute Gasteiger partial charge is 0.319 e. The van der Waals surface area contributed by atoms with Crippen molar-refractivity contribution in [1.82, 2.24) is 9.80 Å². The zero-order valence-electron chi connectivity index (χ0n) is 11.3. The number of piperidine rings is 1. The highest BCUT2D eigenvalue weighted by atomic mass is 16.4. The number of hydrogen-bond donors (Lipinski definition) is 2. The summed E-state index contributed by atoms with van der Waals surface area (Å²) in [6.07, 6.45) is 2.71. The molecule has 0 bridgehead atoms. The van der Waals surface area contributed by atoms with Crippen LogP contribution in [-0.4, -0.2) is 64.8 Å². The maximum absolute atomic E-state index is 12.2. The normalized spacial score (nSPS) is 30.6. The van der Waals surface area contributed by atoms with Gasteiger partial charge in [-0.15, -0.1) is 0 Å². The van der Waals surface area contributed by atoms with Gasteiger partial charge in [0.25, 0.3) is 0 Å². The molecule has 0 aromatic heterocycles. The molecule has 1 atom stereocenters. The third-order valence-electron chi connectivity index (χ3n) is 4.11. The van der Waals surface area contributed by atoms with E-state index in [-0.39, 0.29) is 12.1 Å². The first-order valence-corrected chi connectivity index (χ1v) is 6.88. The number of aliphatic hydroxyl groups excluding tert-OH is 1. The molecule has 1 saturated carbocycles. The first kappa shape index (κ1) is 14.1. The standard InChI is InChI=1S/C13H22N2O4/c1-14(7-9-5-11(16)6-9)13(19)15-4-2-3-10(8-15)12(17)18/h9-11,16H,2-8H2,1H3,(H,17,18). The van der Waals surface area contributed by atoms with Crippen LogP contribution >= 0.6 is 0 Å². The number of urea groups is 1. The van der Waals surface area contributed by atoms with E-state index >= 15 is 0 Å². The van der Waals surface area contributed by atoms with Gasteiger partial charge in [0, 0.05) is 26.7 Å². The van der Waals surface area contributed by atoms with E-state index < -0.39 is 11.9 Å². The molecule has 1 aliphatic carbocycles. The first-order valence-electron chi connectivity index (χ1n) is 6.88. The average molecular weight is 270 g/mol. The quantitative estimate of drug-likeness (QED) is 0.787. The van der Waals surface area contributed by atoms with Gasteiger partial charge in [-0.3, -0.25) is 4.79 Å². The second kappa shape index (κ2) is 5.77. The van der Waals surface area contributed by atoms with Gasteiger partial charge in [0.1, 0.15) is 0 Å². The van der Waals surface area contributed by atoms with Crippen molar-refractivity contribution in [2.75, 3.05) is 26.7 Å². The van der Waals surface area contributed by atoms with Crippen molar-refractivity contribution in [2.45, 2.75) is 31.8 Å². The molecule has 2 aliphatic rings. The van der Waals surface area contributed by atoms with Crippen LogP contribution in [0, 0.1) is 11.8 Å². The molecule has 0 radical (unpaired) electrons. The second-order valence-electron chi connectivity index (χ2n) is 5.78. The Kier molecular flexibility index (Phi) is 4.29. The molecule has 6 heteroatoms. The van der Waals surface area contributed by atoms with E-state index in [0.717, 1.165) is 19.3 Å². The summed E-state index contributed by atoms with van der Waals surface area (Å²) in [5.41, 5.74) is 0. The molecule has 6 nitrogen and oxygen atoms in total. The molecule has 1 heterocycles. The van der Waals surface area contributed by atoms with E-state index in [2.05, 4.69) is 0 Å². The fourth-order valence-electron chi connectivity index (χ4n) is 2.91. The summed E-state index contributed by atoms with van der Waals surface area (Å²) in [6, 6.07) is -0.0904. The zero-order chi connectivity index (χ0) is 14.0. The van der Waals surface area contributed by atoms with Crippen molar-refractivity contribution in [2.24, 2.45) is 11.8 Å². The van der Waals surface area contributed by atoms with Gasteiger partial charge in [-0.2, -0.15) is 0 Å². The SMILES string of the molecule is CN(CC1CC(O)C1)C(=O)N1CCCC(C(=O)O)C1. The summed E-state index contributed by atoms with van der Waals surface area (Å²) in [7, 11) is 1.75. The number of likely N-dealkylation sites (tertiary alicyclic amines) is 1. The van der Waals surface area contributed by atoms with Crippen molar-refractivity contribution in [1.29, 1.82) is 0 Å². The van der Waals surface area contributed by atoms with Gasteiger partial charge >= 0.3 is 12.0 Å².